The maximum absolute atomic E-state index is 13.2. The van der Waals surface area contributed by atoms with Crippen LogP contribution >= 0.6 is 27.7 Å². The van der Waals surface area contributed by atoms with Crippen LogP contribution in [0, 0.1) is 5.82 Å². The van der Waals surface area contributed by atoms with E-state index in [-0.39, 0.29) is 5.56 Å². The normalized spacial score (nSPS) is 10.4. The molecule has 1 aromatic carbocycles. The van der Waals surface area contributed by atoms with E-state index in [1.807, 2.05) is 12.1 Å². The first-order valence-corrected chi connectivity index (χ1v) is 7.10. The number of aromatic carboxylic acids is 1. The fraction of sp³-hybridized carbons (Fsp3) is 0.0769. The zero-order valence-electron chi connectivity index (χ0n) is 9.64. The van der Waals surface area contributed by atoms with Gasteiger partial charge in [0.15, 0.2) is 0 Å². The molecule has 0 atom stereocenters. The highest BCUT2D eigenvalue weighted by atomic mass is 79.9. The van der Waals surface area contributed by atoms with Gasteiger partial charge in [0.05, 0.1) is 10.6 Å². The minimum absolute atomic E-state index is 0.304. The van der Waals surface area contributed by atoms with Crippen LogP contribution in [0.15, 0.2) is 46.0 Å². The van der Waals surface area contributed by atoms with Crippen molar-refractivity contribution < 1.29 is 14.3 Å². The van der Waals surface area contributed by atoms with E-state index in [1.54, 1.807) is 12.3 Å². The van der Waals surface area contributed by atoms with Crippen LogP contribution in [0.5, 0.6) is 0 Å². The molecule has 0 aliphatic rings. The zero-order valence-corrected chi connectivity index (χ0v) is 12.0. The molecule has 0 aliphatic carbocycles. The molecule has 0 saturated heterocycles. The molecule has 0 unspecified atom stereocenters. The number of benzene rings is 1. The zero-order chi connectivity index (χ0) is 13.8. The number of aromatic nitrogens is 1. The summed E-state index contributed by atoms with van der Waals surface area (Å²) in [6.07, 6.45) is 1.69. The molecule has 0 aliphatic heterocycles. The Balaban J connectivity index is 2.09. The Morgan fingerprint density at radius 2 is 2.16 bits per heavy atom. The van der Waals surface area contributed by atoms with Gasteiger partial charge in [0, 0.05) is 16.4 Å². The number of nitrogens with zero attached hydrogens (tertiary/aromatic N) is 1. The Bertz CT molecular complexity index is 604. The van der Waals surface area contributed by atoms with E-state index in [1.165, 1.54) is 23.9 Å². The third kappa shape index (κ3) is 3.78. The van der Waals surface area contributed by atoms with E-state index >= 15 is 0 Å². The van der Waals surface area contributed by atoms with Crippen molar-refractivity contribution in [1.29, 1.82) is 0 Å². The van der Waals surface area contributed by atoms with Gasteiger partial charge in [-0.25, -0.2) is 14.2 Å². The molecule has 0 fully saturated rings. The topological polar surface area (TPSA) is 50.2 Å². The molecule has 0 bridgehead atoms. The minimum Gasteiger partial charge on any atom is -0.478 e. The molecule has 2 aromatic rings. The molecule has 19 heavy (non-hydrogen) atoms. The largest absolute Gasteiger partial charge is 0.478 e. The molecule has 1 N–H and O–H groups in total. The van der Waals surface area contributed by atoms with Crippen LogP contribution in [-0.2, 0) is 5.75 Å². The predicted octanol–water partition coefficient (Wildman–Crippen LogP) is 3.97. The van der Waals surface area contributed by atoms with Crippen LogP contribution < -0.4 is 0 Å². The van der Waals surface area contributed by atoms with Crippen LogP contribution in [0.2, 0.25) is 0 Å². The highest BCUT2D eigenvalue weighted by Gasteiger charge is 2.10. The van der Waals surface area contributed by atoms with Gasteiger partial charge in [0.2, 0.25) is 0 Å². The van der Waals surface area contributed by atoms with Crippen LogP contribution in [0.25, 0.3) is 0 Å². The molecule has 0 spiro atoms. The lowest BCUT2D eigenvalue weighted by molar-refractivity contribution is 0.0692. The number of carboxylic acid groups (broad SMARTS) is 1. The van der Waals surface area contributed by atoms with Gasteiger partial charge in [0.1, 0.15) is 5.82 Å². The summed E-state index contributed by atoms with van der Waals surface area (Å²) < 4.78 is 14.1. The average molecular weight is 342 g/mol. The summed E-state index contributed by atoms with van der Waals surface area (Å²) in [7, 11) is 0. The van der Waals surface area contributed by atoms with Crippen molar-refractivity contribution >= 4 is 33.7 Å². The third-order valence-electron chi connectivity index (χ3n) is 2.35. The van der Waals surface area contributed by atoms with Gasteiger partial charge >= 0.3 is 5.97 Å². The van der Waals surface area contributed by atoms with Crippen LogP contribution in [-0.4, -0.2) is 16.1 Å². The average Bonchev–Trinajstić information content (AvgIpc) is 2.39. The molecule has 98 valence electrons. The number of thioether (sulfide) groups is 1. The maximum Gasteiger partial charge on any atom is 0.338 e. The van der Waals surface area contributed by atoms with Crippen molar-refractivity contribution in [2.75, 3.05) is 0 Å². The van der Waals surface area contributed by atoms with Crippen molar-refractivity contribution in [2.24, 2.45) is 0 Å². The molecule has 0 saturated carbocycles. The third-order valence-corrected chi connectivity index (χ3v) is 3.83. The molecular weight excluding hydrogens is 333 g/mol. The molecule has 1 heterocycles. The molecule has 3 nitrogen and oxygen atoms in total. The number of rotatable bonds is 4. The first-order valence-electron chi connectivity index (χ1n) is 5.32. The van der Waals surface area contributed by atoms with E-state index in [9.17, 15) is 9.18 Å². The van der Waals surface area contributed by atoms with Crippen LogP contribution in [0.3, 0.4) is 0 Å². The maximum atomic E-state index is 13.2. The Hall–Kier alpha value is -1.40. The summed E-state index contributed by atoms with van der Waals surface area (Å²) >= 11 is 4.76. The molecule has 6 heteroatoms. The quantitative estimate of drug-likeness (QED) is 0.854. The van der Waals surface area contributed by atoms with Crippen molar-refractivity contribution in [3.8, 4) is 0 Å². The Morgan fingerprint density at radius 3 is 2.79 bits per heavy atom. The van der Waals surface area contributed by atoms with Gasteiger partial charge in [-0.2, -0.15) is 0 Å². The van der Waals surface area contributed by atoms with E-state index in [0.717, 1.165) is 15.1 Å². The Labute approximate surface area is 122 Å². The van der Waals surface area contributed by atoms with Gasteiger partial charge in [-0.3, -0.25) is 0 Å². The van der Waals surface area contributed by atoms with Crippen molar-refractivity contribution in [3.05, 3.63) is 57.9 Å². The summed E-state index contributed by atoms with van der Waals surface area (Å²) in [6.45, 7) is 0. The van der Waals surface area contributed by atoms with E-state index < -0.39 is 11.8 Å². The highest BCUT2D eigenvalue weighted by molar-refractivity contribution is 9.10. The summed E-state index contributed by atoms with van der Waals surface area (Å²) in [5, 5.41) is 9.67. The fourth-order valence-electron chi connectivity index (χ4n) is 1.43. The second kappa shape index (κ2) is 6.16. The molecule has 1 aromatic heterocycles. The van der Waals surface area contributed by atoms with Crippen LogP contribution in [0.4, 0.5) is 4.39 Å². The highest BCUT2D eigenvalue weighted by Crippen LogP contribution is 2.23. The number of carbonyl (C=O) groups is 1. The number of hydrogen-bond acceptors (Lipinski definition) is 3. The summed E-state index contributed by atoms with van der Waals surface area (Å²) in [5.41, 5.74) is 0.440. The van der Waals surface area contributed by atoms with Crippen LogP contribution in [0.1, 0.15) is 15.9 Å². The fourth-order valence-corrected chi connectivity index (χ4v) is 2.45. The van der Waals surface area contributed by atoms with Gasteiger partial charge in [-0.1, -0.05) is 6.07 Å². The summed E-state index contributed by atoms with van der Waals surface area (Å²) in [6, 6.07) is 7.84. The van der Waals surface area contributed by atoms with Crippen molar-refractivity contribution in [1.82, 2.24) is 4.98 Å². The first-order chi connectivity index (χ1) is 9.06. The standard InChI is InChI=1S/C13H9BrFNO2S/c14-9-2-4-12(16-6-9)19-7-8-1-3-11(15)10(5-8)13(17)18/h1-6H,7H2,(H,17,18). The smallest absolute Gasteiger partial charge is 0.338 e. The Kier molecular flexibility index (Phi) is 4.55. The van der Waals surface area contributed by atoms with Crippen molar-refractivity contribution in [3.63, 3.8) is 0 Å². The summed E-state index contributed by atoms with van der Waals surface area (Å²) in [5.74, 6) is -1.44. The first kappa shape index (κ1) is 14.0. The Morgan fingerprint density at radius 1 is 1.37 bits per heavy atom. The van der Waals surface area contributed by atoms with E-state index in [2.05, 4.69) is 20.9 Å². The van der Waals surface area contributed by atoms with Gasteiger partial charge in [0.25, 0.3) is 0 Å². The van der Waals surface area contributed by atoms with E-state index in [0.29, 0.717) is 5.75 Å². The number of carboxylic acids is 1. The second-order valence-corrected chi connectivity index (χ2v) is 5.63. The lowest BCUT2D eigenvalue weighted by atomic mass is 10.1. The molecular formula is C13H9BrFNO2S. The monoisotopic (exact) mass is 341 g/mol. The minimum atomic E-state index is -1.26. The molecule has 0 radical (unpaired) electrons. The second-order valence-electron chi connectivity index (χ2n) is 3.72. The summed E-state index contributed by atoms with van der Waals surface area (Å²) in [4.78, 5) is 15.0. The number of halogens is 2. The van der Waals surface area contributed by atoms with Crippen molar-refractivity contribution in [2.45, 2.75) is 10.8 Å². The molecule has 2 rings (SSSR count). The number of hydrogen-bond donors (Lipinski definition) is 1. The number of pyridine rings is 1. The van der Waals surface area contributed by atoms with Gasteiger partial charge < -0.3 is 5.11 Å². The van der Waals surface area contributed by atoms with E-state index in [4.69, 9.17) is 5.11 Å². The lowest BCUT2D eigenvalue weighted by Crippen LogP contribution is -2.01. The predicted molar refractivity (Wildman–Crippen MR) is 74.9 cm³/mol. The lowest BCUT2D eigenvalue weighted by Gasteiger charge is -2.04. The SMILES string of the molecule is O=C(O)c1cc(CSc2ccc(Br)cn2)ccc1F. The van der Waals surface area contributed by atoms with Gasteiger partial charge in [-0.05, 0) is 45.8 Å². The van der Waals surface area contributed by atoms with Gasteiger partial charge in [-0.15, -0.1) is 11.8 Å². The molecule has 0 amide bonds.